The summed E-state index contributed by atoms with van der Waals surface area (Å²) in [6.07, 6.45) is 5.41. The fourth-order valence-electron chi connectivity index (χ4n) is 4.18. The molecule has 6 heteroatoms. The number of amides is 1. The highest BCUT2D eigenvalue weighted by Gasteiger charge is 2.34. The average Bonchev–Trinajstić information content (AvgIpc) is 3.40. The number of aryl methyl sites for hydroxylation is 1. The largest absolute Gasteiger partial charge is 0.496 e. The molecule has 2 atom stereocenters. The molecular formula is C21H31NO4S. The van der Waals surface area contributed by atoms with Crippen molar-refractivity contribution in [2.45, 2.75) is 51.4 Å². The Labute approximate surface area is 162 Å². The third-order valence-electron chi connectivity index (χ3n) is 5.88. The topological polar surface area (TPSA) is 72.5 Å². The Morgan fingerprint density at radius 2 is 2.07 bits per heavy atom. The summed E-state index contributed by atoms with van der Waals surface area (Å²) in [4.78, 5) is 12.4. The third-order valence-corrected chi connectivity index (χ3v) is 7.72. The van der Waals surface area contributed by atoms with Crippen molar-refractivity contribution in [2.75, 3.05) is 25.2 Å². The summed E-state index contributed by atoms with van der Waals surface area (Å²) in [5.74, 6) is 2.77. The van der Waals surface area contributed by atoms with Gasteiger partial charge in [-0.3, -0.25) is 4.79 Å². The van der Waals surface area contributed by atoms with Gasteiger partial charge in [0.2, 0.25) is 5.91 Å². The Bertz CT molecular complexity index is 770. The monoisotopic (exact) mass is 393 g/mol. The first kappa shape index (κ1) is 20.2. The van der Waals surface area contributed by atoms with Crippen LogP contribution in [-0.2, 0) is 14.6 Å². The lowest BCUT2D eigenvalue weighted by atomic mass is 9.89. The van der Waals surface area contributed by atoms with Gasteiger partial charge in [0.05, 0.1) is 18.6 Å². The highest BCUT2D eigenvalue weighted by Crippen LogP contribution is 2.45. The van der Waals surface area contributed by atoms with E-state index >= 15 is 0 Å². The molecule has 1 aliphatic carbocycles. The lowest BCUT2D eigenvalue weighted by Crippen LogP contribution is -2.27. The molecule has 1 aromatic rings. The Hall–Kier alpha value is -1.56. The fraction of sp³-hybridized carbons (Fsp3) is 0.667. The number of methoxy groups -OCH3 is 1. The number of benzene rings is 1. The number of carbonyl (C=O) groups excluding carboxylic acids is 1. The maximum absolute atomic E-state index is 12.4. The van der Waals surface area contributed by atoms with Crippen LogP contribution in [0.25, 0.3) is 0 Å². The van der Waals surface area contributed by atoms with Crippen molar-refractivity contribution in [2.24, 2.45) is 11.8 Å². The highest BCUT2D eigenvalue weighted by molar-refractivity contribution is 7.91. The van der Waals surface area contributed by atoms with E-state index < -0.39 is 9.84 Å². The van der Waals surface area contributed by atoms with Gasteiger partial charge in [-0.15, -0.1) is 0 Å². The number of sulfone groups is 1. The van der Waals surface area contributed by atoms with Crippen LogP contribution in [0.3, 0.4) is 0 Å². The molecular weight excluding hydrogens is 362 g/mol. The molecule has 27 heavy (non-hydrogen) atoms. The lowest BCUT2D eigenvalue weighted by Gasteiger charge is -2.18. The smallest absolute Gasteiger partial charge is 0.220 e. The first-order valence-corrected chi connectivity index (χ1v) is 11.8. The molecule has 1 aromatic carbocycles. The van der Waals surface area contributed by atoms with Crippen molar-refractivity contribution >= 4 is 15.7 Å². The van der Waals surface area contributed by atoms with Crippen LogP contribution in [0.5, 0.6) is 5.75 Å². The highest BCUT2D eigenvalue weighted by atomic mass is 32.2. The molecule has 0 bridgehead atoms. The molecule has 1 amide bonds. The van der Waals surface area contributed by atoms with Gasteiger partial charge in [0.15, 0.2) is 9.84 Å². The quantitative estimate of drug-likeness (QED) is 0.654. The molecule has 0 spiro atoms. The van der Waals surface area contributed by atoms with Crippen molar-refractivity contribution in [3.63, 3.8) is 0 Å². The molecule has 1 N–H and O–H groups in total. The van der Waals surface area contributed by atoms with Crippen LogP contribution in [-0.4, -0.2) is 39.5 Å². The number of nitrogens with one attached hydrogen (secondary N) is 1. The van der Waals surface area contributed by atoms with E-state index in [0.717, 1.165) is 30.6 Å². The van der Waals surface area contributed by atoms with E-state index in [2.05, 4.69) is 17.4 Å². The summed E-state index contributed by atoms with van der Waals surface area (Å²) in [6, 6.07) is 6.23. The van der Waals surface area contributed by atoms with Crippen LogP contribution < -0.4 is 10.1 Å². The second-order valence-corrected chi connectivity index (χ2v) is 10.4. The predicted octanol–water partition coefficient (Wildman–Crippen LogP) is 3.22. The first-order valence-electron chi connectivity index (χ1n) is 9.99. The number of ether oxygens (including phenoxy) is 1. The Morgan fingerprint density at radius 1 is 1.30 bits per heavy atom. The molecule has 0 aromatic heterocycles. The zero-order valence-corrected chi connectivity index (χ0v) is 17.2. The summed E-state index contributed by atoms with van der Waals surface area (Å²) in [6.45, 7) is 2.67. The number of hydrogen-bond acceptors (Lipinski definition) is 4. The molecule has 2 fully saturated rings. The maximum Gasteiger partial charge on any atom is 0.220 e. The molecule has 5 nitrogen and oxygen atoms in total. The van der Waals surface area contributed by atoms with Gasteiger partial charge in [0.25, 0.3) is 0 Å². The summed E-state index contributed by atoms with van der Waals surface area (Å²) < 4.78 is 28.3. The molecule has 2 aliphatic rings. The van der Waals surface area contributed by atoms with Crippen molar-refractivity contribution in [3.8, 4) is 5.75 Å². The zero-order valence-electron chi connectivity index (χ0n) is 16.4. The van der Waals surface area contributed by atoms with Gasteiger partial charge < -0.3 is 10.1 Å². The summed E-state index contributed by atoms with van der Waals surface area (Å²) >= 11 is 0. The van der Waals surface area contributed by atoms with E-state index in [4.69, 9.17) is 4.74 Å². The molecule has 150 valence electrons. The molecule has 1 saturated heterocycles. The molecule has 2 unspecified atom stereocenters. The third kappa shape index (κ3) is 5.71. The predicted molar refractivity (Wildman–Crippen MR) is 107 cm³/mol. The minimum absolute atomic E-state index is 0.0967. The van der Waals surface area contributed by atoms with Crippen molar-refractivity contribution < 1.29 is 17.9 Å². The van der Waals surface area contributed by atoms with E-state index in [1.54, 1.807) is 7.11 Å². The molecule has 3 rings (SSSR count). The summed E-state index contributed by atoms with van der Waals surface area (Å²) in [5, 5.41) is 3.03. The Morgan fingerprint density at radius 3 is 2.67 bits per heavy atom. The molecule has 1 aliphatic heterocycles. The van der Waals surface area contributed by atoms with Crippen LogP contribution in [0.15, 0.2) is 18.2 Å². The number of hydrogen-bond donors (Lipinski definition) is 1. The normalized spacial score (nSPS) is 22.4. The van der Waals surface area contributed by atoms with Gasteiger partial charge in [-0.1, -0.05) is 12.1 Å². The summed E-state index contributed by atoms with van der Waals surface area (Å²) in [5.41, 5.74) is 2.33. The Kier molecular flexibility index (Phi) is 6.45. The van der Waals surface area contributed by atoms with Gasteiger partial charge in [0, 0.05) is 13.0 Å². The van der Waals surface area contributed by atoms with Gasteiger partial charge in [-0.05, 0) is 74.0 Å². The minimum atomic E-state index is -2.80. The number of rotatable bonds is 9. The zero-order chi connectivity index (χ0) is 19.4. The van der Waals surface area contributed by atoms with Gasteiger partial charge >= 0.3 is 0 Å². The molecule has 1 heterocycles. The van der Waals surface area contributed by atoms with Crippen LogP contribution in [0.1, 0.15) is 55.6 Å². The lowest BCUT2D eigenvalue weighted by molar-refractivity contribution is -0.121. The van der Waals surface area contributed by atoms with E-state index in [-0.39, 0.29) is 17.7 Å². The van der Waals surface area contributed by atoms with E-state index in [1.807, 2.05) is 13.0 Å². The van der Waals surface area contributed by atoms with E-state index in [9.17, 15) is 13.2 Å². The minimum Gasteiger partial charge on any atom is -0.496 e. The second kappa shape index (κ2) is 8.63. The standard InChI is InChI=1S/C21H31NO4S/c1-15-12-18(7-8-20(15)26-2)19(17-5-6-17)13-21(23)22-10-3-4-16-9-11-27(24,25)14-16/h7-8,12,16-17,19H,3-6,9-11,13-14H2,1-2H3,(H,22,23). The SMILES string of the molecule is COc1ccc(C(CC(=O)NCCCC2CCS(=O)(=O)C2)C2CC2)cc1C. The fourth-order valence-corrected chi connectivity index (χ4v) is 6.09. The van der Waals surface area contributed by atoms with E-state index in [0.29, 0.717) is 30.4 Å². The summed E-state index contributed by atoms with van der Waals surface area (Å²) in [7, 11) is -1.13. The van der Waals surface area contributed by atoms with Crippen LogP contribution in [0.4, 0.5) is 0 Å². The van der Waals surface area contributed by atoms with Gasteiger partial charge in [-0.25, -0.2) is 8.42 Å². The maximum atomic E-state index is 12.4. The van der Waals surface area contributed by atoms with Crippen molar-refractivity contribution in [3.05, 3.63) is 29.3 Å². The van der Waals surface area contributed by atoms with Crippen LogP contribution in [0.2, 0.25) is 0 Å². The first-order chi connectivity index (χ1) is 12.9. The van der Waals surface area contributed by atoms with E-state index in [1.165, 1.54) is 18.4 Å². The van der Waals surface area contributed by atoms with Crippen molar-refractivity contribution in [1.29, 1.82) is 0 Å². The van der Waals surface area contributed by atoms with Gasteiger partial charge in [-0.2, -0.15) is 0 Å². The Balaban J connectivity index is 1.46. The van der Waals surface area contributed by atoms with Crippen molar-refractivity contribution in [1.82, 2.24) is 5.32 Å². The molecule has 1 saturated carbocycles. The average molecular weight is 394 g/mol. The number of carbonyl (C=O) groups is 1. The second-order valence-electron chi connectivity index (χ2n) is 8.14. The molecule has 0 radical (unpaired) electrons. The van der Waals surface area contributed by atoms with Crippen LogP contribution in [0, 0.1) is 18.8 Å². The van der Waals surface area contributed by atoms with Crippen LogP contribution >= 0.6 is 0 Å². The van der Waals surface area contributed by atoms with Gasteiger partial charge in [0.1, 0.15) is 5.75 Å².